The quantitative estimate of drug-likeness (QED) is 0.771. The van der Waals surface area contributed by atoms with Gasteiger partial charge >= 0.3 is 14.0 Å². The highest BCUT2D eigenvalue weighted by molar-refractivity contribution is 7.54. The highest BCUT2D eigenvalue weighted by Gasteiger charge is 2.35. The molecule has 1 rings (SSSR count). The molecule has 0 aromatic heterocycles. The highest BCUT2D eigenvalue weighted by Crippen LogP contribution is 2.58. The van der Waals surface area contributed by atoms with Crippen molar-refractivity contribution in [3.8, 4) is 5.75 Å². The number of nitrogens with two attached hydrogens (primary N) is 1. The third-order valence-corrected chi connectivity index (χ3v) is 4.61. The molecule has 120 valence electrons. The minimum Gasteiger partial charge on any atom is -0.406 e. The van der Waals surface area contributed by atoms with Crippen LogP contribution in [0.5, 0.6) is 5.75 Å². The first-order valence-corrected chi connectivity index (χ1v) is 7.83. The Hall–Kier alpha value is -1.08. The lowest BCUT2D eigenvalue weighted by molar-refractivity contribution is -0.274. The van der Waals surface area contributed by atoms with Crippen LogP contribution in [0.1, 0.15) is 25.2 Å². The molecule has 0 heterocycles. The van der Waals surface area contributed by atoms with Crippen molar-refractivity contribution in [3.63, 3.8) is 0 Å². The average molecular weight is 327 g/mol. The molecule has 0 saturated heterocycles. The molecule has 1 atom stereocenters. The Morgan fingerprint density at radius 2 is 1.81 bits per heavy atom. The van der Waals surface area contributed by atoms with E-state index in [0.717, 1.165) is 12.1 Å². The third kappa shape index (κ3) is 5.32. The molecule has 9 heteroatoms. The zero-order valence-corrected chi connectivity index (χ0v) is 12.5. The lowest BCUT2D eigenvalue weighted by Gasteiger charge is -2.23. The average Bonchev–Trinajstić information content (AvgIpc) is 2.36. The van der Waals surface area contributed by atoms with Crippen molar-refractivity contribution in [3.05, 3.63) is 29.8 Å². The first-order valence-electron chi connectivity index (χ1n) is 6.22. The standard InChI is InChI=1S/C12H17F3NO4P/c1-3-18-21(17,19-4-2)11(16)9-6-5-7-10(8-9)20-12(13,14)15/h5-8,11H,3-4,16H2,1-2H3/t11-/m1/s1. The Kier molecular flexibility index (Phi) is 6.22. The Bertz CT molecular complexity index is 500. The van der Waals surface area contributed by atoms with Gasteiger partial charge in [-0.1, -0.05) is 12.1 Å². The number of halogens is 3. The van der Waals surface area contributed by atoms with Gasteiger partial charge < -0.3 is 19.5 Å². The van der Waals surface area contributed by atoms with Crippen LogP contribution in [0.4, 0.5) is 13.2 Å². The van der Waals surface area contributed by atoms with Gasteiger partial charge in [-0.05, 0) is 31.5 Å². The van der Waals surface area contributed by atoms with Crippen LogP contribution in [-0.4, -0.2) is 19.6 Å². The van der Waals surface area contributed by atoms with Crippen LogP contribution in [0, 0.1) is 0 Å². The molecule has 1 aromatic carbocycles. The summed E-state index contributed by atoms with van der Waals surface area (Å²) >= 11 is 0. The van der Waals surface area contributed by atoms with E-state index in [1.54, 1.807) is 13.8 Å². The Labute approximate surface area is 120 Å². The molecule has 0 saturated carbocycles. The second-order valence-electron chi connectivity index (χ2n) is 3.94. The number of rotatable bonds is 7. The normalized spacial score (nSPS) is 14.0. The second-order valence-corrected chi connectivity index (χ2v) is 6.09. The summed E-state index contributed by atoms with van der Waals surface area (Å²) in [4.78, 5) is 0. The molecule has 1 aromatic rings. The summed E-state index contributed by atoms with van der Waals surface area (Å²) in [7, 11) is -3.66. The van der Waals surface area contributed by atoms with Crippen molar-refractivity contribution < 1.29 is 31.5 Å². The van der Waals surface area contributed by atoms with E-state index in [4.69, 9.17) is 14.8 Å². The largest absolute Gasteiger partial charge is 0.573 e. The monoisotopic (exact) mass is 327 g/mol. The summed E-state index contributed by atoms with van der Waals surface area (Å²) in [5.41, 5.74) is 6.00. The molecule has 0 bridgehead atoms. The van der Waals surface area contributed by atoms with E-state index in [9.17, 15) is 17.7 Å². The number of hydrogen-bond donors (Lipinski definition) is 1. The Morgan fingerprint density at radius 3 is 2.29 bits per heavy atom. The maximum Gasteiger partial charge on any atom is 0.573 e. The minimum atomic E-state index is -4.81. The fraction of sp³-hybridized carbons (Fsp3) is 0.500. The van der Waals surface area contributed by atoms with Gasteiger partial charge in [0.25, 0.3) is 0 Å². The van der Waals surface area contributed by atoms with Gasteiger partial charge in [-0.3, -0.25) is 4.57 Å². The molecule has 5 nitrogen and oxygen atoms in total. The molecule has 0 spiro atoms. The van der Waals surface area contributed by atoms with Gasteiger partial charge in [0.05, 0.1) is 13.2 Å². The molecule has 2 N–H and O–H groups in total. The molecule has 0 fully saturated rings. The molecule has 0 amide bonds. The lowest BCUT2D eigenvalue weighted by atomic mass is 10.2. The van der Waals surface area contributed by atoms with Crippen LogP contribution < -0.4 is 10.5 Å². The molecular formula is C12H17F3NO4P. The van der Waals surface area contributed by atoms with Gasteiger partial charge in [0.2, 0.25) is 0 Å². The van der Waals surface area contributed by atoms with E-state index in [1.807, 2.05) is 0 Å². The predicted octanol–water partition coefficient (Wildman–Crippen LogP) is 3.81. The lowest BCUT2D eigenvalue weighted by Crippen LogP contribution is -2.18. The molecule has 0 aliphatic heterocycles. The first kappa shape index (κ1) is 18.0. The first-order chi connectivity index (χ1) is 9.72. The Balaban J connectivity index is 3.03. The number of alkyl halides is 3. The van der Waals surface area contributed by atoms with Crippen LogP contribution in [0.3, 0.4) is 0 Å². The van der Waals surface area contributed by atoms with Crippen LogP contribution in [0.15, 0.2) is 24.3 Å². The topological polar surface area (TPSA) is 70.8 Å². The molecule has 0 unspecified atom stereocenters. The minimum absolute atomic E-state index is 0.101. The molecule has 21 heavy (non-hydrogen) atoms. The van der Waals surface area contributed by atoms with Crippen LogP contribution >= 0.6 is 7.60 Å². The summed E-state index contributed by atoms with van der Waals surface area (Å²) in [5, 5.41) is 0. The Morgan fingerprint density at radius 1 is 1.24 bits per heavy atom. The summed E-state index contributed by atoms with van der Waals surface area (Å²) in [6.07, 6.45) is -4.81. The number of hydrogen-bond acceptors (Lipinski definition) is 5. The maximum absolute atomic E-state index is 12.5. The molecule has 0 radical (unpaired) electrons. The zero-order chi connectivity index (χ0) is 16.1. The van der Waals surface area contributed by atoms with E-state index >= 15 is 0 Å². The highest BCUT2D eigenvalue weighted by atomic mass is 31.2. The van der Waals surface area contributed by atoms with Gasteiger partial charge in [0, 0.05) is 0 Å². The van der Waals surface area contributed by atoms with Crippen LogP contribution in [-0.2, 0) is 13.6 Å². The van der Waals surface area contributed by atoms with Gasteiger partial charge in [0.15, 0.2) is 0 Å². The smallest absolute Gasteiger partial charge is 0.406 e. The third-order valence-electron chi connectivity index (χ3n) is 2.39. The summed E-state index contributed by atoms with van der Waals surface area (Å²) < 4.78 is 63.0. The number of ether oxygens (including phenoxy) is 1. The number of benzene rings is 1. The van der Waals surface area contributed by atoms with Crippen molar-refractivity contribution in [2.45, 2.75) is 26.0 Å². The van der Waals surface area contributed by atoms with E-state index < -0.39 is 25.5 Å². The second kappa shape index (κ2) is 7.26. The van der Waals surface area contributed by atoms with Crippen molar-refractivity contribution in [1.82, 2.24) is 0 Å². The molecule has 0 aliphatic rings. The van der Waals surface area contributed by atoms with Crippen LogP contribution in [0.25, 0.3) is 0 Å². The fourth-order valence-corrected chi connectivity index (χ4v) is 3.28. The molecular weight excluding hydrogens is 310 g/mol. The van der Waals surface area contributed by atoms with Gasteiger partial charge in [0.1, 0.15) is 11.5 Å². The maximum atomic E-state index is 12.5. The van der Waals surface area contributed by atoms with Crippen molar-refractivity contribution in [1.29, 1.82) is 0 Å². The van der Waals surface area contributed by atoms with E-state index in [2.05, 4.69) is 4.74 Å². The molecule has 0 aliphatic carbocycles. The van der Waals surface area contributed by atoms with Crippen molar-refractivity contribution in [2.75, 3.05) is 13.2 Å². The van der Waals surface area contributed by atoms with E-state index in [1.165, 1.54) is 12.1 Å². The van der Waals surface area contributed by atoms with Crippen molar-refractivity contribution in [2.24, 2.45) is 5.73 Å². The van der Waals surface area contributed by atoms with Gasteiger partial charge in [-0.25, -0.2) is 0 Å². The fourth-order valence-electron chi connectivity index (χ4n) is 1.64. The van der Waals surface area contributed by atoms with E-state index in [0.29, 0.717) is 0 Å². The summed E-state index contributed by atoms with van der Waals surface area (Å²) in [6.45, 7) is 3.43. The van der Waals surface area contributed by atoms with Gasteiger partial charge in [-0.2, -0.15) is 0 Å². The van der Waals surface area contributed by atoms with Gasteiger partial charge in [-0.15, -0.1) is 13.2 Å². The van der Waals surface area contributed by atoms with Crippen LogP contribution in [0.2, 0.25) is 0 Å². The van der Waals surface area contributed by atoms with E-state index in [-0.39, 0.29) is 18.8 Å². The zero-order valence-electron chi connectivity index (χ0n) is 11.6. The summed E-state index contributed by atoms with van der Waals surface area (Å²) in [6, 6.07) is 4.93. The predicted molar refractivity (Wildman–Crippen MR) is 70.9 cm³/mol. The summed E-state index contributed by atoms with van der Waals surface area (Å²) in [5.74, 6) is -1.65. The SMILES string of the molecule is CCOP(=O)(OCC)[C@@H](N)c1cccc(OC(F)(F)F)c1. The van der Waals surface area contributed by atoms with Crippen molar-refractivity contribution >= 4 is 7.60 Å².